The molecule has 1 N–H and O–H groups in total. The number of benzene rings is 1. The summed E-state index contributed by atoms with van der Waals surface area (Å²) in [5.41, 5.74) is -0.207. The zero-order valence-corrected chi connectivity index (χ0v) is 14.9. The van der Waals surface area contributed by atoms with Crippen LogP contribution in [0.1, 0.15) is 26.3 Å². The van der Waals surface area contributed by atoms with E-state index in [9.17, 15) is 13.5 Å². The first-order chi connectivity index (χ1) is 11.1. The molecule has 0 saturated carbocycles. The summed E-state index contributed by atoms with van der Waals surface area (Å²) >= 11 is 0. The molecule has 1 aromatic rings. The van der Waals surface area contributed by atoms with Crippen LogP contribution in [-0.2, 0) is 28.5 Å². The van der Waals surface area contributed by atoms with Gasteiger partial charge in [-0.25, -0.2) is 0 Å². The summed E-state index contributed by atoms with van der Waals surface area (Å²) in [6, 6.07) is 6.33. The maximum atomic E-state index is 12.6. The highest BCUT2D eigenvalue weighted by atomic mass is 32.2. The van der Waals surface area contributed by atoms with E-state index in [2.05, 4.69) is 0 Å². The van der Waals surface area contributed by atoms with E-state index in [-0.39, 0.29) is 4.90 Å². The predicted molar refractivity (Wildman–Crippen MR) is 83.6 cm³/mol. The summed E-state index contributed by atoms with van der Waals surface area (Å²) in [4.78, 5) is 0.0371. The second kappa shape index (κ2) is 5.76. The number of aliphatic hydroxyl groups excluding tert-OH is 1. The van der Waals surface area contributed by atoms with Crippen LogP contribution in [0.2, 0.25) is 0 Å². The lowest BCUT2D eigenvalue weighted by Crippen LogP contribution is -2.48. The maximum Gasteiger partial charge on any atom is 0.297 e. The molecule has 0 aliphatic carbocycles. The molecule has 2 saturated heterocycles. The summed E-state index contributed by atoms with van der Waals surface area (Å²) in [7, 11) is -4.04. The Bertz CT molecular complexity index is 712. The Balaban J connectivity index is 1.90. The fourth-order valence-electron chi connectivity index (χ4n) is 3.12. The molecule has 2 aliphatic heterocycles. The molecule has 3 rings (SSSR count). The van der Waals surface area contributed by atoms with Crippen molar-refractivity contribution in [3.05, 3.63) is 29.8 Å². The second-order valence-corrected chi connectivity index (χ2v) is 8.35. The van der Waals surface area contributed by atoms with Crippen LogP contribution in [-0.4, -0.2) is 50.0 Å². The van der Waals surface area contributed by atoms with Crippen LogP contribution < -0.4 is 0 Å². The summed E-state index contributed by atoms with van der Waals surface area (Å²) < 4.78 is 47.7. The van der Waals surface area contributed by atoms with Crippen molar-refractivity contribution in [1.82, 2.24) is 0 Å². The van der Waals surface area contributed by atoms with Gasteiger partial charge in [0, 0.05) is 0 Å². The van der Waals surface area contributed by atoms with E-state index < -0.39 is 46.6 Å². The SMILES string of the molecule is Cc1ccc(S(=O)(=O)OC2C(CO)OC3OC(C)(C)OC32C)cc1. The number of hydrogen-bond donors (Lipinski definition) is 1. The molecule has 7 nitrogen and oxygen atoms in total. The van der Waals surface area contributed by atoms with Crippen molar-refractivity contribution in [2.45, 2.75) is 62.5 Å². The van der Waals surface area contributed by atoms with Gasteiger partial charge in [0.25, 0.3) is 10.1 Å². The van der Waals surface area contributed by atoms with Gasteiger partial charge < -0.3 is 19.3 Å². The Labute approximate surface area is 141 Å². The highest BCUT2D eigenvalue weighted by Crippen LogP contribution is 2.47. The Morgan fingerprint density at radius 2 is 1.83 bits per heavy atom. The summed E-state index contributed by atoms with van der Waals surface area (Å²) in [5, 5.41) is 9.53. The first-order valence-corrected chi connectivity index (χ1v) is 9.12. The van der Waals surface area contributed by atoms with Crippen LogP contribution in [0.15, 0.2) is 29.2 Å². The zero-order chi connectivity index (χ0) is 17.8. The van der Waals surface area contributed by atoms with E-state index in [0.717, 1.165) is 5.56 Å². The lowest BCUT2D eigenvalue weighted by Gasteiger charge is -2.30. The Kier molecular flexibility index (Phi) is 4.26. The number of rotatable bonds is 4. The normalized spacial score (nSPS) is 35.1. The van der Waals surface area contributed by atoms with Crippen LogP contribution in [0.4, 0.5) is 0 Å². The van der Waals surface area contributed by atoms with Crippen molar-refractivity contribution >= 4 is 10.1 Å². The van der Waals surface area contributed by atoms with Gasteiger partial charge in [0.1, 0.15) is 17.8 Å². The van der Waals surface area contributed by atoms with Crippen LogP contribution in [0.25, 0.3) is 0 Å². The summed E-state index contributed by atoms with van der Waals surface area (Å²) in [6.45, 7) is 6.53. The van der Waals surface area contributed by atoms with Crippen LogP contribution >= 0.6 is 0 Å². The number of aryl methyl sites for hydroxylation is 1. The molecule has 0 radical (unpaired) electrons. The van der Waals surface area contributed by atoms with E-state index in [4.69, 9.17) is 18.4 Å². The Morgan fingerprint density at radius 3 is 2.42 bits per heavy atom. The number of hydrogen-bond acceptors (Lipinski definition) is 7. The number of fused-ring (bicyclic) bond motifs is 1. The third-order valence-corrected chi connectivity index (χ3v) is 5.56. The zero-order valence-electron chi connectivity index (χ0n) is 14.1. The number of aliphatic hydroxyl groups is 1. The molecule has 4 atom stereocenters. The molecule has 8 heteroatoms. The largest absolute Gasteiger partial charge is 0.394 e. The van der Waals surface area contributed by atoms with Crippen LogP contribution in [0, 0.1) is 6.92 Å². The third kappa shape index (κ3) is 2.98. The minimum absolute atomic E-state index is 0.0371. The lowest BCUT2D eigenvalue weighted by atomic mass is 9.98. The van der Waals surface area contributed by atoms with Crippen molar-refractivity contribution in [2.75, 3.05) is 6.61 Å². The van der Waals surface area contributed by atoms with Gasteiger partial charge in [-0.1, -0.05) is 17.7 Å². The van der Waals surface area contributed by atoms with Gasteiger partial charge in [0.05, 0.1) is 11.5 Å². The van der Waals surface area contributed by atoms with Crippen molar-refractivity contribution in [2.24, 2.45) is 0 Å². The van der Waals surface area contributed by atoms with E-state index in [0.29, 0.717) is 0 Å². The first kappa shape index (κ1) is 17.8. The lowest BCUT2D eigenvalue weighted by molar-refractivity contribution is -0.220. The molecule has 24 heavy (non-hydrogen) atoms. The monoisotopic (exact) mass is 358 g/mol. The van der Waals surface area contributed by atoms with Crippen molar-refractivity contribution in [3.8, 4) is 0 Å². The van der Waals surface area contributed by atoms with E-state index in [1.807, 2.05) is 6.92 Å². The molecule has 2 heterocycles. The minimum Gasteiger partial charge on any atom is -0.394 e. The van der Waals surface area contributed by atoms with Gasteiger partial charge in [-0.05, 0) is 39.8 Å². The average Bonchev–Trinajstić information content (AvgIpc) is 2.85. The number of ether oxygens (including phenoxy) is 3. The fourth-order valence-corrected chi connectivity index (χ4v) is 4.29. The topological polar surface area (TPSA) is 91.3 Å². The second-order valence-electron chi connectivity index (χ2n) is 6.78. The molecule has 2 aliphatic rings. The minimum atomic E-state index is -4.04. The van der Waals surface area contributed by atoms with Crippen molar-refractivity contribution in [1.29, 1.82) is 0 Å². The highest BCUT2D eigenvalue weighted by Gasteiger charge is 2.64. The predicted octanol–water partition coefficient (Wildman–Crippen LogP) is 1.33. The summed E-state index contributed by atoms with van der Waals surface area (Å²) in [5.74, 6) is -0.935. The quantitative estimate of drug-likeness (QED) is 0.812. The van der Waals surface area contributed by atoms with Crippen LogP contribution in [0.3, 0.4) is 0 Å². The molecule has 134 valence electrons. The third-order valence-electron chi connectivity index (χ3n) is 4.25. The maximum absolute atomic E-state index is 12.6. The fraction of sp³-hybridized carbons (Fsp3) is 0.625. The molecule has 4 unspecified atom stereocenters. The Hall–Kier alpha value is -1.03. The van der Waals surface area contributed by atoms with Gasteiger partial charge in [-0.15, -0.1) is 0 Å². The summed E-state index contributed by atoms with van der Waals surface area (Å²) in [6.07, 6.45) is -2.71. The van der Waals surface area contributed by atoms with E-state index in [1.165, 1.54) is 12.1 Å². The van der Waals surface area contributed by atoms with Gasteiger partial charge in [-0.2, -0.15) is 8.42 Å². The average molecular weight is 358 g/mol. The van der Waals surface area contributed by atoms with Gasteiger partial charge in [-0.3, -0.25) is 4.18 Å². The van der Waals surface area contributed by atoms with Gasteiger partial charge >= 0.3 is 0 Å². The molecular weight excluding hydrogens is 336 g/mol. The molecule has 0 aromatic heterocycles. The molecule has 0 bridgehead atoms. The first-order valence-electron chi connectivity index (χ1n) is 7.72. The van der Waals surface area contributed by atoms with Gasteiger partial charge in [0.2, 0.25) is 0 Å². The molecule has 1 aromatic carbocycles. The van der Waals surface area contributed by atoms with E-state index >= 15 is 0 Å². The Morgan fingerprint density at radius 1 is 1.21 bits per heavy atom. The highest BCUT2D eigenvalue weighted by molar-refractivity contribution is 7.86. The molecule has 0 spiro atoms. The van der Waals surface area contributed by atoms with Crippen molar-refractivity contribution < 1.29 is 31.9 Å². The van der Waals surface area contributed by atoms with Crippen molar-refractivity contribution in [3.63, 3.8) is 0 Å². The standard InChI is InChI=1S/C16H22O7S/c1-10-5-7-11(8-6-10)24(18,19)22-13-12(9-17)20-14-16(13,4)23-15(2,3)21-14/h5-8,12-14,17H,9H2,1-4H3. The molecular formula is C16H22O7S. The molecule has 2 fully saturated rings. The smallest absolute Gasteiger partial charge is 0.297 e. The van der Waals surface area contributed by atoms with E-state index in [1.54, 1.807) is 32.9 Å². The molecule has 0 amide bonds. The van der Waals surface area contributed by atoms with Gasteiger partial charge in [0.15, 0.2) is 12.1 Å². The van der Waals surface area contributed by atoms with Crippen LogP contribution in [0.5, 0.6) is 0 Å².